The van der Waals surface area contributed by atoms with E-state index in [0.29, 0.717) is 12.5 Å². The van der Waals surface area contributed by atoms with Gasteiger partial charge in [-0.15, -0.1) is 0 Å². The molecule has 4 aromatic carbocycles. The van der Waals surface area contributed by atoms with Crippen LogP contribution in [0.3, 0.4) is 0 Å². The molecule has 0 bridgehead atoms. The highest BCUT2D eigenvalue weighted by molar-refractivity contribution is 6.23. The predicted molar refractivity (Wildman–Crippen MR) is 105 cm³/mol. The zero-order valence-electron chi connectivity index (χ0n) is 14.4. The summed E-state index contributed by atoms with van der Waals surface area (Å²) in [6.45, 7) is 3.44. The molecule has 0 unspecified atom stereocenters. The average molecular weight is 329 g/mol. The number of benzene rings is 4. The summed E-state index contributed by atoms with van der Waals surface area (Å²) in [6.07, 6.45) is 2.35. The van der Waals surface area contributed by atoms with E-state index in [4.69, 9.17) is 0 Å². The van der Waals surface area contributed by atoms with Gasteiger partial charge in [-0.2, -0.15) is 0 Å². The third-order valence-corrected chi connectivity index (χ3v) is 5.87. The van der Waals surface area contributed by atoms with Crippen LogP contribution in [-0.4, -0.2) is 29.7 Å². The van der Waals surface area contributed by atoms with E-state index in [2.05, 4.69) is 59.5 Å². The maximum absolute atomic E-state index is 9.51. The first-order valence-corrected chi connectivity index (χ1v) is 9.32. The van der Waals surface area contributed by atoms with E-state index in [-0.39, 0.29) is 0 Å². The van der Waals surface area contributed by atoms with Gasteiger partial charge in [-0.05, 0) is 63.2 Å². The number of hydrogen-bond donors (Lipinski definition) is 1. The Bertz CT molecular complexity index is 1020. The van der Waals surface area contributed by atoms with Crippen molar-refractivity contribution in [1.82, 2.24) is 4.90 Å². The lowest BCUT2D eigenvalue weighted by Gasteiger charge is -2.32. The fraction of sp³-hybridized carbons (Fsp3) is 0.304. The Hall–Kier alpha value is -2.16. The largest absolute Gasteiger partial charge is 0.396 e. The van der Waals surface area contributed by atoms with E-state index in [1.807, 2.05) is 0 Å². The number of piperidine rings is 1. The number of aliphatic hydroxyl groups excluding tert-OH is 1. The Morgan fingerprint density at radius 3 is 2.40 bits per heavy atom. The van der Waals surface area contributed by atoms with Crippen molar-refractivity contribution in [1.29, 1.82) is 0 Å². The standard InChI is InChI=1S/C23H23NO/c25-15-16-3-2-12-24(13-16)14-20-9-8-19-7-6-17-4-1-5-18-10-11-21(20)23(19)22(17)18/h1,4-11,16,25H,2-3,12-15H2/t16-/m1/s1. The second kappa shape index (κ2) is 5.98. The molecule has 0 radical (unpaired) electrons. The molecule has 2 nitrogen and oxygen atoms in total. The molecule has 0 aromatic heterocycles. The van der Waals surface area contributed by atoms with E-state index in [9.17, 15) is 5.11 Å². The molecule has 0 saturated carbocycles. The third-order valence-electron chi connectivity index (χ3n) is 5.87. The Morgan fingerprint density at radius 2 is 1.60 bits per heavy atom. The molecule has 1 aliphatic rings. The highest BCUT2D eigenvalue weighted by atomic mass is 16.3. The minimum atomic E-state index is 0.314. The molecule has 0 spiro atoms. The molecular formula is C23H23NO. The number of aliphatic hydroxyl groups is 1. The van der Waals surface area contributed by atoms with Gasteiger partial charge in [0, 0.05) is 19.7 Å². The van der Waals surface area contributed by atoms with Crippen molar-refractivity contribution in [2.45, 2.75) is 19.4 Å². The zero-order valence-corrected chi connectivity index (χ0v) is 14.4. The molecule has 1 N–H and O–H groups in total. The maximum Gasteiger partial charge on any atom is 0.0471 e. The lowest BCUT2D eigenvalue weighted by atomic mass is 9.91. The topological polar surface area (TPSA) is 23.5 Å². The molecular weight excluding hydrogens is 306 g/mol. The van der Waals surface area contributed by atoms with Crippen molar-refractivity contribution < 1.29 is 5.11 Å². The minimum Gasteiger partial charge on any atom is -0.396 e. The van der Waals surface area contributed by atoms with Gasteiger partial charge < -0.3 is 5.11 Å². The fourth-order valence-corrected chi connectivity index (χ4v) is 4.62. The summed E-state index contributed by atoms with van der Waals surface area (Å²) in [7, 11) is 0. The highest BCUT2D eigenvalue weighted by Gasteiger charge is 2.20. The molecule has 1 heterocycles. The summed E-state index contributed by atoms with van der Waals surface area (Å²) < 4.78 is 0. The van der Waals surface area contributed by atoms with E-state index >= 15 is 0 Å². The summed E-state index contributed by atoms with van der Waals surface area (Å²) in [6, 6.07) is 20.2. The third kappa shape index (κ3) is 2.48. The summed E-state index contributed by atoms with van der Waals surface area (Å²) in [5.41, 5.74) is 1.41. The van der Waals surface area contributed by atoms with Crippen LogP contribution in [0.25, 0.3) is 32.3 Å². The molecule has 1 saturated heterocycles. The summed E-state index contributed by atoms with van der Waals surface area (Å²) in [4.78, 5) is 2.51. The van der Waals surface area contributed by atoms with Gasteiger partial charge in [0.25, 0.3) is 0 Å². The van der Waals surface area contributed by atoms with Crippen LogP contribution in [0, 0.1) is 5.92 Å². The van der Waals surface area contributed by atoms with Gasteiger partial charge in [-0.1, -0.05) is 54.6 Å². The molecule has 2 heteroatoms. The first-order chi connectivity index (χ1) is 12.3. The highest BCUT2D eigenvalue weighted by Crippen LogP contribution is 2.36. The molecule has 5 rings (SSSR count). The van der Waals surface area contributed by atoms with E-state index < -0.39 is 0 Å². The smallest absolute Gasteiger partial charge is 0.0471 e. The second-order valence-corrected chi connectivity index (χ2v) is 7.51. The lowest BCUT2D eigenvalue weighted by molar-refractivity contribution is 0.116. The monoisotopic (exact) mass is 329 g/mol. The van der Waals surface area contributed by atoms with Crippen molar-refractivity contribution >= 4 is 32.3 Å². The Labute approximate surface area is 148 Å². The average Bonchev–Trinajstić information content (AvgIpc) is 2.67. The molecule has 0 aliphatic carbocycles. The van der Waals surface area contributed by atoms with Crippen molar-refractivity contribution in [3.63, 3.8) is 0 Å². The molecule has 25 heavy (non-hydrogen) atoms. The normalized spacial score (nSPS) is 19.3. The van der Waals surface area contributed by atoms with Crippen molar-refractivity contribution in [3.05, 3.63) is 60.2 Å². The van der Waals surface area contributed by atoms with Crippen LogP contribution < -0.4 is 0 Å². The maximum atomic E-state index is 9.51. The molecule has 1 fully saturated rings. The van der Waals surface area contributed by atoms with Crippen LogP contribution in [0.15, 0.2) is 54.6 Å². The fourth-order valence-electron chi connectivity index (χ4n) is 4.62. The lowest BCUT2D eigenvalue weighted by Crippen LogP contribution is -2.36. The summed E-state index contributed by atoms with van der Waals surface area (Å²) >= 11 is 0. The number of rotatable bonds is 3. The van der Waals surface area contributed by atoms with Gasteiger partial charge in [0.15, 0.2) is 0 Å². The van der Waals surface area contributed by atoms with E-state index in [1.54, 1.807) is 0 Å². The van der Waals surface area contributed by atoms with Gasteiger partial charge in [-0.25, -0.2) is 0 Å². The Morgan fingerprint density at radius 1 is 0.880 bits per heavy atom. The molecule has 126 valence electrons. The second-order valence-electron chi connectivity index (χ2n) is 7.51. The van der Waals surface area contributed by atoms with Crippen LogP contribution in [0.2, 0.25) is 0 Å². The quantitative estimate of drug-likeness (QED) is 0.546. The SMILES string of the molecule is OC[C@@H]1CCCN(Cc2ccc3ccc4cccc5ccc2c3c45)C1. The summed E-state index contributed by atoms with van der Waals surface area (Å²) in [5, 5.41) is 17.7. The van der Waals surface area contributed by atoms with Gasteiger partial charge in [0.1, 0.15) is 0 Å². The molecule has 1 aliphatic heterocycles. The number of hydrogen-bond acceptors (Lipinski definition) is 2. The first kappa shape index (κ1) is 15.1. The molecule has 0 amide bonds. The van der Waals surface area contributed by atoms with Gasteiger partial charge >= 0.3 is 0 Å². The van der Waals surface area contributed by atoms with Gasteiger partial charge in [0.2, 0.25) is 0 Å². The number of likely N-dealkylation sites (tertiary alicyclic amines) is 1. The van der Waals surface area contributed by atoms with Crippen molar-refractivity contribution in [2.24, 2.45) is 5.92 Å². The van der Waals surface area contributed by atoms with Gasteiger partial charge in [0.05, 0.1) is 0 Å². The zero-order chi connectivity index (χ0) is 16.8. The van der Waals surface area contributed by atoms with Crippen LogP contribution >= 0.6 is 0 Å². The number of nitrogens with zero attached hydrogens (tertiary/aromatic N) is 1. The molecule has 1 atom stereocenters. The summed E-state index contributed by atoms with van der Waals surface area (Å²) in [5.74, 6) is 0.438. The minimum absolute atomic E-state index is 0.314. The van der Waals surface area contributed by atoms with Crippen molar-refractivity contribution in [2.75, 3.05) is 19.7 Å². The van der Waals surface area contributed by atoms with E-state index in [1.165, 1.54) is 44.3 Å². The predicted octanol–water partition coefficient (Wildman–Crippen LogP) is 4.79. The van der Waals surface area contributed by atoms with Crippen LogP contribution in [0.5, 0.6) is 0 Å². The van der Waals surface area contributed by atoms with Gasteiger partial charge in [-0.3, -0.25) is 4.90 Å². The van der Waals surface area contributed by atoms with Crippen LogP contribution in [0.4, 0.5) is 0 Å². The Kier molecular flexibility index (Phi) is 3.61. The van der Waals surface area contributed by atoms with Crippen LogP contribution in [0.1, 0.15) is 18.4 Å². The van der Waals surface area contributed by atoms with E-state index in [0.717, 1.165) is 26.1 Å². The van der Waals surface area contributed by atoms with Crippen LogP contribution in [-0.2, 0) is 6.54 Å². The first-order valence-electron chi connectivity index (χ1n) is 9.32. The molecule has 4 aromatic rings. The van der Waals surface area contributed by atoms with Crippen molar-refractivity contribution in [3.8, 4) is 0 Å². The Balaban J connectivity index is 1.64.